The van der Waals surface area contributed by atoms with E-state index >= 15 is 0 Å². The van der Waals surface area contributed by atoms with Gasteiger partial charge in [0.1, 0.15) is 9.57 Å². The van der Waals surface area contributed by atoms with Crippen LogP contribution >= 0.6 is 32.9 Å². The number of carbonyl (C=O) groups is 2. The van der Waals surface area contributed by atoms with Gasteiger partial charge in [0.2, 0.25) is 11.8 Å². The third-order valence-electron chi connectivity index (χ3n) is 8.34. The number of carbonyl (C=O) groups excluding carboxylic acids is 2. The lowest BCUT2D eigenvalue weighted by Gasteiger charge is -2.36. The van der Waals surface area contributed by atoms with E-state index in [1.54, 1.807) is 20.7 Å². The number of benzene rings is 2. The van der Waals surface area contributed by atoms with Gasteiger partial charge in [-0.05, 0) is 30.2 Å². The molecule has 2 aliphatic rings. The molecular formula is C32H40N4O3S3. The summed E-state index contributed by atoms with van der Waals surface area (Å²) in [5.74, 6) is 0.739. The fraction of sp³-hybridized carbons (Fsp3) is 0.469. The van der Waals surface area contributed by atoms with Crippen LogP contribution in [0.5, 0.6) is 5.75 Å². The summed E-state index contributed by atoms with van der Waals surface area (Å²) in [7, 11) is 3.32. The number of aryl methyl sites for hydroxylation is 1. The van der Waals surface area contributed by atoms with Crippen molar-refractivity contribution in [3.63, 3.8) is 0 Å². The van der Waals surface area contributed by atoms with Crippen molar-refractivity contribution in [3.8, 4) is 27.3 Å². The van der Waals surface area contributed by atoms with Crippen molar-refractivity contribution in [2.45, 2.75) is 46.7 Å². The molecule has 2 amide bonds. The van der Waals surface area contributed by atoms with Crippen molar-refractivity contribution in [3.05, 3.63) is 56.9 Å². The number of hydrogen-bond donors (Lipinski definition) is 1. The van der Waals surface area contributed by atoms with Gasteiger partial charge in [0.15, 0.2) is 0 Å². The molecule has 1 aromatic heterocycles. The molecule has 0 aliphatic carbocycles. The minimum atomic E-state index is 0.199. The van der Waals surface area contributed by atoms with Crippen LogP contribution in [0.4, 0.5) is 0 Å². The molecule has 3 heterocycles. The molecule has 2 aliphatic heterocycles. The zero-order chi connectivity index (χ0) is 29.8. The molecule has 2 fully saturated rings. The molecule has 224 valence electrons. The van der Waals surface area contributed by atoms with Crippen LogP contribution < -0.4 is 0 Å². The molecule has 10 heteroatoms. The number of hydrogen-bond acceptors (Lipinski definition) is 8. The molecule has 0 spiro atoms. The summed E-state index contributed by atoms with van der Waals surface area (Å²) in [4.78, 5) is 34.1. The van der Waals surface area contributed by atoms with Crippen LogP contribution in [0.1, 0.15) is 43.4 Å². The highest BCUT2D eigenvalue weighted by molar-refractivity contribution is 7.80. The first-order valence-corrected chi connectivity index (χ1v) is 17.4. The number of piperazine rings is 2. The average molecular weight is 625 g/mol. The molecule has 0 unspecified atom stereocenters. The molecule has 0 bridgehead atoms. The fourth-order valence-corrected chi connectivity index (χ4v) is 8.69. The Morgan fingerprint density at radius 1 is 0.762 bits per heavy atom. The summed E-state index contributed by atoms with van der Waals surface area (Å²) >= 11 is 5.82. The lowest BCUT2D eigenvalue weighted by atomic mass is 9.97. The molecule has 0 radical (unpaired) electrons. The Kier molecular flexibility index (Phi) is 10.1. The zero-order valence-corrected chi connectivity index (χ0v) is 27.2. The number of aromatic hydroxyl groups is 1. The number of phenols is 1. The van der Waals surface area contributed by atoms with E-state index in [4.69, 9.17) is 12.2 Å². The van der Waals surface area contributed by atoms with Gasteiger partial charge < -0.3 is 14.9 Å². The molecule has 2 saturated heterocycles. The van der Waals surface area contributed by atoms with Crippen LogP contribution in [-0.4, -0.2) is 88.9 Å². The number of phenolic OH excluding ortho intramolecular Hbond substituents is 1. The Balaban J connectivity index is 1.46. The maximum absolute atomic E-state index is 12.2. The van der Waals surface area contributed by atoms with Crippen LogP contribution in [0.2, 0.25) is 0 Å². The predicted octanol–water partition coefficient (Wildman–Crippen LogP) is 6.00. The lowest BCUT2D eigenvalue weighted by molar-refractivity contribution is -0.133. The van der Waals surface area contributed by atoms with Gasteiger partial charge in [-0.25, -0.2) is 0 Å². The molecule has 3 aromatic rings. The van der Waals surface area contributed by atoms with Gasteiger partial charge in [-0.15, -0.1) is 0 Å². The Labute approximate surface area is 261 Å². The number of amides is 2. The van der Waals surface area contributed by atoms with Crippen molar-refractivity contribution < 1.29 is 14.7 Å². The summed E-state index contributed by atoms with van der Waals surface area (Å²) < 4.78 is 0.878. The van der Waals surface area contributed by atoms with Crippen LogP contribution in [0.25, 0.3) is 21.6 Å². The minimum Gasteiger partial charge on any atom is -0.507 e. The van der Waals surface area contributed by atoms with E-state index < -0.39 is 0 Å². The fourth-order valence-electron chi connectivity index (χ4n) is 5.79. The van der Waals surface area contributed by atoms with Crippen molar-refractivity contribution in [1.29, 1.82) is 0 Å². The van der Waals surface area contributed by atoms with E-state index in [1.807, 2.05) is 23.6 Å². The Morgan fingerprint density at radius 2 is 1.24 bits per heavy atom. The summed E-state index contributed by atoms with van der Waals surface area (Å²) in [5, 5.41) is 11.6. The molecule has 5 rings (SSSR count). The minimum absolute atomic E-state index is 0.199. The largest absolute Gasteiger partial charge is 0.507 e. The van der Waals surface area contributed by atoms with Crippen LogP contribution in [0, 0.1) is 10.7 Å². The highest BCUT2D eigenvalue weighted by atomic mass is 32.9. The maximum Gasteiger partial charge on any atom is 0.222 e. The Morgan fingerprint density at radius 3 is 1.69 bits per heavy atom. The zero-order valence-electron chi connectivity index (χ0n) is 24.7. The smallest absolute Gasteiger partial charge is 0.222 e. The van der Waals surface area contributed by atoms with E-state index in [0.717, 1.165) is 62.7 Å². The van der Waals surface area contributed by atoms with Crippen molar-refractivity contribution >= 4 is 44.7 Å². The first-order valence-electron chi connectivity index (χ1n) is 14.8. The third-order valence-corrected chi connectivity index (χ3v) is 11.4. The van der Waals surface area contributed by atoms with E-state index in [0.29, 0.717) is 57.9 Å². The molecule has 0 saturated carbocycles. The molecule has 0 atom stereocenters. The van der Waals surface area contributed by atoms with Crippen molar-refractivity contribution in [1.82, 2.24) is 19.6 Å². The molecule has 2 aromatic carbocycles. The number of nitrogens with zero attached hydrogens (tertiary/aromatic N) is 4. The van der Waals surface area contributed by atoms with Gasteiger partial charge in [0.05, 0.1) is 4.88 Å². The second kappa shape index (κ2) is 13.8. The molecule has 7 nitrogen and oxygen atoms in total. The Bertz CT molecular complexity index is 1410. The lowest BCUT2D eigenvalue weighted by Crippen LogP contribution is -2.48. The third kappa shape index (κ3) is 6.94. The summed E-state index contributed by atoms with van der Waals surface area (Å²) in [5.41, 5.74) is 6.28. The molecule has 1 N–H and O–H groups in total. The highest BCUT2D eigenvalue weighted by Gasteiger charge is 2.25. The monoisotopic (exact) mass is 624 g/mol. The van der Waals surface area contributed by atoms with Crippen LogP contribution in [-0.2, 0) is 22.7 Å². The highest BCUT2D eigenvalue weighted by Crippen LogP contribution is 2.43. The quantitative estimate of drug-likeness (QED) is 0.245. The van der Waals surface area contributed by atoms with Gasteiger partial charge in [0, 0.05) is 95.0 Å². The summed E-state index contributed by atoms with van der Waals surface area (Å²) in [6, 6.07) is 12.8. The standard InChI is InChI=1S/C32H40N4O3S3/c1-4-27(37)35-14-10-33(11-15-35)20-25-18-24(31-29(32(40)42-41-31)23-8-6-22(3)7-9-23)19-26(30(25)39)21-34-12-16-36(17-13-34)28(38)5-2/h6-9,18-19,39H,4-5,10-17,20-21H2,1-3H3. The van der Waals surface area contributed by atoms with Gasteiger partial charge in [-0.1, -0.05) is 76.6 Å². The van der Waals surface area contributed by atoms with E-state index in [-0.39, 0.29) is 11.8 Å². The van der Waals surface area contributed by atoms with Crippen LogP contribution in [0.3, 0.4) is 0 Å². The molecule has 42 heavy (non-hydrogen) atoms. The normalized spacial score (nSPS) is 16.6. The van der Waals surface area contributed by atoms with Crippen molar-refractivity contribution in [2.24, 2.45) is 0 Å². The maximum atomic E-state index is 12.2. The average Bonchev–Trinajstić information content (AvgIpc) is 3.40. The topological polar surface area (TPSA) is 67.3 Å². The number of rotatable bonds is 8. The van der Waals surface area contributed by atoms with Gasteiger partial charge in [-0.2, -0.15) is 0 Å². The molecular weight excluding hydrogens is 585 g/mol. The Hall–Kier alpha value is -2.63. The summed E-state index contributed by atoms with van der Waals surface area (Å²) in [6.07, 6.45) is 1.06. The van der Waals surface area contributed by atoms with Gasteiger partial charge >= 0.3 is 0 Å². The van der Waals surface area contributed by atoms with E-state index in [2.05, 4.69) is 53.1 Å². The first-order chi connectivity index (χ1) is 20.3. The van der Waals surface area contributed by atoms with Crippen LogP contribution in [0.15, 0.2) is 36.4 Å². The second-order valence-electron chi connectivity index (χ2n) is 11.2. The van der Waals surface area contributed by atoms with E-state index in [9.17, 15) is 14.7 Å². The summed E-state index contributed by atoms with van der Waals surface area (Å²) in [6.45, 7) is 13.1. The first kappa shape index (κ1) is 30.8. The van der Waals surface area contributed by atoms with E-state index in [1.165, 1.54) is 5.56 Å². The second-order valence-corrected chi connectivity index (χ2v) is 14.0. The van der Waals surface area contributed by atoms with Crippen molar-refractivity contribution in [2.75, 3.05) is 52.4 Å². The van der Waals surface area contributed by atoms with Gasteiger partial charge in [0.25, 0.3) is 0 Å². The van der Waals surface area contributed by atoms with Gasteiger partial charge in [-0.3, -0.25) is 19.4 Å². The SMILES string of the molecule is CCC(=O)N1CCN(Cc2cc(-c3ssc(=S)c3-c3ccc(C)cc3)cc(CN3CCN(C(=O)CC)CC3)c2O)CC1. The predicted molar refractivity (Wildman–Crippen MR) is 175 cm³/mol.